The molecule has 0 aliphatic carbocycles. The minimum absolute atomic E-state index is 0.0119. The lowest BCUT2D eigenvalue weighted by molar-refractivity contribution is -0.0277. The van der Waals surface area contributed by atoms with E-state index in [1.807, 2.05) is 24.3 Å². The molecule has 252 valence electrons. The van der Waals surface area contributed by atoms with Gasteiger partial charge in [-0.15, -0.1) is 0 Å². The first kappa shape index (κ1) is 40.6. The average molecular weight is 659 g/mol. The van der Waals surface area contributed by atoms with Crippen LogP contribution in [-0.2, 0) is 26.2 Å². The van der Waals surface area contributed by atoms with E-state index in [0.29, 0.717) is 11.5 Å². The highest BCUT2D eigenvalue weighted by atomic mass is 31.2. The van der Waals surface area contributed by atoms with E-state index in [1.165, 1.54) is 5.56 Å². The van der Waals surface area contributed by atoms with Crippen molar-refractivity contribution in [3.05, 3.63) is 58.7 Å². The summed E-state index contributed by atoms with van der Waals surface area (Å²) in [6.45, 7) is 23.7. The lowest BCUT2D eigenvalue weighted by Crippen LogP contribution is -2.38. The fourth-order valence-electron chi connectivity index (χ4n) is 4.00. The molecule has 2 aromatic carbocycles. The number of hydrogen-bond donors (Lipinski definition) is 6. The summed E-state index contributed by atoms with van der Waals surface area (Å²) < 4.78 is 16.0. The van der Waals surface area contributed by atoms with Gasteiger partial charge in [0.2, 0.25) is 0 Å². The van der Waals surface area contributed by atoms with E-state index in [0.717, 1.165) is 16.7 Å². The van der Waals surface area contributed by atoms with Gasteiger partial charge in [0.25, 0.3) is 0 Å². The Morgan fingerprint density at radius 3 is 1.20 bits per heavy atom. The number of hydrogen-bond acceptors (Lipinski definition) is 9. The summed E-state index contributed by atoms with van der Waals surface area (Å²) in [6.07, 6.45) is 0. The molecular formula is C33H56O9P2. The Morgan fingerprint density at radius 2 is 0.909 bits per heavy atom. The van der Waals surface area contributed by atoms with Gasteiger partial charge in [-0.05, 0) is 44.9 Å². The predicted octanol–water partition coefficient (Wildman–Crippen LogP) is 6.73. The zero-order valence-corrected chi connectivity index (χ0v) is 30.4. The molecule has 44 heavy (non-hydrogen) atoms. The molecule has 0 heterocycles. The first-order valence-corrected chi connectivity index (χ1v) is 17.0. The highest BCUT2D eigenvalue weighted by Gasteiger charge is 2.31. The molecule has 0 aliphatic heterocycles. The van der Waals surface area contributed by atoms with Gasteiger partial charge in [-0.25, -0.2) is 0 Å². The van der Waals surface area contributed by atoms with Crippen LogP contribution in [0.15, 0.2) is 36.4 Å². The topological polar surface area (TPSA) is 149 Å². The molecule has 0 aromatic heterocycles. The second-order valence-electron chi connectivity index (χ2n) is 15.3. The minimum Gasteiger partial charge on any atom is -0.427 e. The van der Waals surface area contributed by atoms with Gasteiger partial charge in [0, 0.05) is 11.1 Å². The lowest BCUT2D eigenvalue weighted by atomic mass is 9.80. The minimum atomic E-state index is -2.38. The molecule has 0 fully saturated rings. The second kappa shape index (κ2) is 15.9. The van der Waals surface area contributed by atoms with Crippen LogP contribution in [0.1, 0.15) is 105 Å². The summed E-state index contributed by atoms with van der Waals surface area (Å²) in [5.74, 6) is 1.08. The largest absolute Gasteiger partial charge is 0.427 e. The number of benzene rings is 2. The molecule has 2 aromatic rings. The van der Waals surface area contributed by atoms with Crippen LogP contribution in [0, 0.1) is 5.41 Å². The SMILES string of the molecule is CC(C)(C)c1ccc(OP(O)O)c(C(C)(C)C)c1.CC(C)(C)c1ccc(OP(O)OCC(CO)(CO)CO)c(C(C)(C)C)c1. The molecule has 2 rings (SSSR count). The molecule has 1 atom stereocenters. The molecule has 0 radical (unpaired) electrons. The molecule has 0 bridgehead atoms. The van der Waals surface area contributed by atoms with Crippen molar-refractivity contribution in [3.8, 4) is 11.5 Å². The quantitative estimate of drug-likeness (QED) is 0.153. The zero-order valence-electron chi connectivity index (χ0n) is 28.6. The van der Waals surface area contributed by atoms with Crippen molar-refractivity contribution in [1.29, 1.82) is 0 Å². The molecule has 9 nitrogen and oxygen atoms in total. The van der Waals surface area contributed by atoms with E-state index in [-0.39, 0.29) is 28.3 Å². The van der Waals surface area contributed by atoms with Crippen LogP contribution in [-0.4, -0.2) is 56.4 Å². The maximum atomic E-state index is 10.1. The van der Waals surface area contributed by atoms with Gasteiger partial charge in [0.05, 0.1) is 31.8 Å². The maximum absolute atomic E-state index is 10.1. The molecule has 0 spiro atoms. The zero-order chi connectivity index (χ0) is 34.3. The number of aliphatic hydroxyl groups is 3. The maximum Gasteiger partial charge on any atom is 0.394 e. The van der Waals surface area contributed by atoms with Crippen LogP contribution in [0.4, 0.5) is 0 Å². The summed E-state index contributed by atoms with van der Waals surface area (Å²) >= 11 is 0. The first-order chi connectivity index (χ1) is 19.9. The van der Waals surface area contributed by atoms with E-state index in [2.05, 4.69) is 95.2 Å². The van der Waals surface area contributed by atoms with Gasteiger partial charge in [0.1, 0.15) is 11.5 Å². The van der Waals surface area contributed by atoms with E-state index >= 15 is 0 Å². The van der Waals surface area contributed by atoms with Crippen molar-refractivity contribution in [3.63, 3.8) is 0 Å². The van der Waals surface area contributed by atoms with Gasteiger partial charge in [-0.3, -0.25) is 0 Å². The predicted molar refractivity (Wildman–Crippen MR) is 179 cm³/mol. The first-order valence-electron chi connectivity index (χ1n) is 14.7. The van der Waals surface area contributed by atoms with Gasteiger partial charge < -0.3 is 43.6 Å². The summed E-state index contributed by atoms with van der Waals surface area (Å²) in [7, 11) is -4.65. The van der Waals surface area contributed by atoms with Crippen LogP contribution >= 0.6 is 17.2 Å². The number of aliphatic hydroxyl groups excluding tert-OH is 3. The molecule has 0 aliphatic rings. The third-order valence-electron chi connectivity index (χ3n) is 7.15. The van der Waals surface area contributed by atoms with Crippen LogP contribution in [0.25, 0.3) is 0 Å². The van der Waals surface area contributed by atoms with Crippen molar-refractivity contribution in [2.24, 2.45) is 5.41 Å². The Morgan fingerprint density at radius 1 is 0.545 bits per heavy atom. The molecule has 11 heteroatoms. The van der Waals surface area contributed by atoms with Crippen molar-refractivity contribution in [1.82, 2.24) is 0 Å². The van der Waals surface area contributed by atoms with Crippen LogP contribution in [0.2, 0.25) is 0 Å². The van der Waals surface area contributed by atoms with Gasteiger partial charge in [0.15, 0.2) is 0 Å². The molecule has 1 unspecified atom stereocenters. The summed E-state index contributed by atoms with van der Waals surface area (Å²) in [5.41, 5.74) is 2.84. The fourth-order valence-corrected chi connectivity index (χ4v) is 5.10. The summed E-state index contributed by atoms with van der Waals surface area (Å²) in [6, 6.07) is 11.8. The Kier molecular flexibility index (Phi) is 14.7. The molecule has 6 N–H and O–H groups in total. The van der Waals surface area contributed by atoms with Crippen molar-refractivity contribution in [2.45, 2.75) is 105 Å². The second-order valence-corrected chi connectivity index (χ2v) is 16.9. The standard InChI is InChI=1S/C19H33O6P.C14H23O3P/c1-17(2,3)14-7-8-16(15(9-14)18(4,5)6)25-26(23)24-13-19(10-20,11-21)12-22;1-13(2,3)10-7-8-12(17-18(15)16)11(9-10)14(4,5)6/h7-9,20-23H,10-13H2,1-6H3;7-9,15-16H,1-6H3. The van der Waals surface area contributed by atoms with Crippen LogP contribution in [0.3, 0.4) is 0 Å². The highest BCUT2D eigenvalue weighted by molar-refractivity contribution is 7.41. The van der Waals surface area contributed by atoms with Crippen molar-refractivity contribution >= 4 is 17.2 Å². The highest BCUT2D eigenvalue weighted by Crippen LogP contribution is 2.43. The number of rotatable bonds is 10. The van der Waals surface area contributed by atoms with E-state index in [4.69, 9.17) is 23.4 Å². The lowest BCUT2D eigenvalue weighted by Gasteiger charge is -2.29. The van der Waals surface area contributed by atoms with Crippen LogP contribution < -0.4 is 9.05 Å². The Balaban J connectivity index is 0.000000470. The third-order valence-corrected chi connectivity index (χ3v) is 8.21. The van der Waals surface area contributed by atoms with Gasteiger partial charge >= 0.3 is 17.2 Å². The fraction of sp³-hybridized carbons (Fsp3) is 0.636. The van der Waals surface area contributed by atoms with E-state index < -0.39 is 42.4 Å². The van der Waals surface area contributed by atoms with Crippen LogP contribution in [0.5, 0.6) is 11.5 Å². The monoisotopic (exact) mass is 658 g/mol. The Labute approximate surface area is 267 Å². The normalized spacial score (nSPS) is 13.8. The van der Waals surface area contributed by atoms with E-state index in [9.17, 15) is 20.2 Å². The molecular weight excluding hydrogens is 602 g/mol. The van der Waals surface area contributed by atoms with Crippen molar-refractivity contribution in [2.75, 3.05) is 26.4 Å². The smallest absolute Gasteiger partial charge is 0.394 e. The summed E-state index contributed by atoms with van der Waals surface area (Å²) in [5, 5.41) is 28.0. The Bertz CT molecular complexity index is 1160. The van der Waals surface area contributed by atoms with E-state index in [1.54, 1.807) is 0 Å². The van der Waals surface area contributed by atoms with Gasteiger partial charge in [-0.2, -0.15) is 0 Å². The molecule has 0 saturated heterocycles. The molecule has 0 saturated carbocycles. The average Bonchev–Trinajstić information content (AvgIpc) is 2.88. The third kappa shape index (κ3) is 12.4. The summed E-state index contributed by atoms with van der Waals surface area (Å²) in [4.78, 5) is 28.2. The van der Waals surface area contributed by atoms with Crippen molar-refractivity contribution < 1.29 is 43.6 Å². The molecule has 0 amide bonds. The Hall–Kier alpha value is -1.38. The van der Waals surface area contributed by atoms with Gasteiger partial charge in [-0.1, -0.05) is 107 Å².